The number of phosphoric ester groups is 1. The van der Waals surface area contributed by atoms with E-state index in [0.717, 1.165) is 57.8 Å². The molecule has 0 heterocycles. The molecule has 0 radical (unpaired) electrons. The maximum absolute atomic E-state index is 12.6. The number of unbranched alkanes of at least 4 members (excludes halogenated alkanes) is 10. The molecule has 308 valence electrons. The van der Waals surface area contributed by atoms with E-state index in [0.29, 0.717) is 19.3 Å². The number of esters is 2. The van der Waals surface area contributed by atoms with Gasteiger partial charge in [0.05, 0.1) is 13.2 Å². The van der Waals surface area contributed by atoms with Gasteiger partial charge in [0.25, 0.3) is 0 Å². The summed E-state index contributed by atoms with van der Waals surface area (Å²) in [6.45, 7) is 2.58. The lowest BCUT2D eigenvalue weighted by molar-refractivity contribution is -0.161. The van der Waals surface area contributed by atoms with E-state index in [9.17, 15) is 23.8 Å². The summed E-state index contributed by atoms with van der Waals surface area (Å²) in [5.74, 6) is -2.48. The number of aliphatic carboxylic acids is 1. The molecule has 54 heavy (non-hydrogen) atoms. The second kappa shape index (κ2) is 36.9. The highest BCUT2D eigenvalue weighted by Gasteiger charge is 2.28. The van der Waals surface area contributed by atoms with Gasteiger partial charge in [0.2, 0.25) is 0 Å². The van der Waals surface area contributed by atoms with Crippen LogP contribution < -0.4 is 5.73 Å². The van der Waals surface area contributed by atoms with Crippen molar-refractivity contribution in [2.24, 2.45) is 5.73 Å². The number of carboxylic acids is 1. The number of hydrogen-bond donors (Lipinski definition) is 3. The summed E-state index contributed by atoms with van der Waals surface area (Å²) >= 11 is 0. The molecule has 0 aliphatic rings. The summed E-state index contributed by atoms with van der Waals surface area (Å²) in [5.41, 5.74) is 5.31. The highest BCUT2D eigenvalue weighted by Crippen LogP contribution is 2.43. The third-order valence-electron chi connectivity index (χ3n) is 7.94. The second-order valence-corrected chi connectivity index (χ2v) is 14.5. The van der Waals surface area contributed by atoms with Crippen LogP contribution in [-0.4, -0.2) is 59.9 Å². The van der Waals surface area contributed by atoms with Crippen molar-refractivity contribution in [2.45, 2.75) is 154 Å². The molecule has 0 saturated carbocycles. The fourth-order valence-electron chi connectivity index (χ4n) is 4.80. The van der Waals surface area contributed by atoms with Crippen molar-refractivity contribution in [3.05, 3.63) is 72.9 Å². The van der Waals surface area contributed by atoms with E-state index in [1.54, 1.807) is 0 Å². The van der Waals surface area contributed by atoms with E-state index in [-0.39, 0.29) is 19.4 Å². The van der Waals surface area contributed by atoms with Gasteiger partial charge in [-0.25, -0.2) is 4.57 Å². The normalized spacial score (nSPS) is 14.6. The minimum atomic E-state index is -4.73. The van der Waals surface area contributed by atoms with Crippen molar-refractivity contribution in [3.8, 4) is 0 Å². The smallest absolute Gasteiger partial charge is 0.472 e. The predicted molar refractivity (Wildman–Crippen MR) is 217 cm³/mol. The first-order valence-electron chi connectivity index (χ1n) is 20.0. The van der Waals surface area contributed by atoms with E-state index in [1.165, 1.54) is 38.5 Å². The van der Waals surface area contributed by atoms with Gasteiger partial charge in [-0.2, -0.15) is 0 Å². The van der Waals surface area contributed by atoms with Gasteiger partial charge in [0.15, 0.2) is 6.10 Å². The Balaban J connectivity index is 4.55. The van der Waals surface area contributed by atoms with Crippen LogP contribution in [0.1, 0.15) is 142 Å². The van der Waals surface area contributed by atoms with E-state index in [1.807, 2.05) is 12.2 Å². The molecule has 0 aromatic rings. The first-order valence-corrected chi connectivity index (χ1v) is 21.5. The maximum Gasteiger partial charge on any atom is 0.472 e. The zero-order chi connectivity index (χ0) is 40.0. The van der Waals surface area contributed by atoms with Crippen LogP contribution in [0.25, 0.3) is 0 Å². The SMILES string of the molecule is CC/C=C/C/C=C/C/C=C/C/C=C/C/C=C/CCCC(=O)OC[C@H](COP(=O)(O)OC[C@H](N)C(=O)O)OC(=O)CCCCC/C=C/CCCCCCCC. The van der Waals surface area contributed by atoms with Crippen molar-refractivity contribution in [1.29, 1.82) is 0 Å². The molecule has 11 nitrogen and oxygen atoms in total. The van der Waals surface area contributed by atoms with Gasteiger partial charge < -0.3 is 25.2 Å². The summed E-state index contributed by atoms with van der Waals surface area (Å²) < 4.78 is 32.5. The Hall–Kier alpha value is -3.08. The van der Waals surface area contributed by atoms with Crippen molar-refractivity contribution >= 4 is 25.7 Å². The fourth-order valence-corrected chi connectivity index (χ4v) is 5.58. The number of nitrogens with two attached hydrogens (primary N) is 1. The van der Waals surface area contributed by atoms with Crippen molar-refractivity contribution in [1.82, 2.24) is 0 Å². The largest absolute Gasteiger partial charge is 0.480 e. The molecule has 0 bridgehead atoms. The molecular weight excluding hydrogens is 709 g/mol. The monoisotopic (exact) mass is 779 g/mol. The molecular formula is C42H70NO10P. The lowest BCUT2D eigenvalue weighted by Gasteiger charge is -2.20. The molecule has 0 aliphatic heterocycles. The van der Waals surface area contributed by atoms with Crippen LogP contribution in [0.15, 0.2) is 72.9 Å². The molecule has 0 aromatic carbocycles. The first kappa shape index (κ1) is 50.9. The Bertz CT molecular complexity index is 1190. The molecule has 0 aliphatic carbocycles. The number of carbonyl (C=O) groups is 3. The highest BCUT2D eigenvalue weighted by molar-refractivity contribution is 7.47. The summed E-state index contributed by atoms with van der Waals surface area (Å²) in [6.07, 6.45) is 42.7. The van der Waals surface area contributed by atoms with Crippen LogP contribution in [0, 0.1) is 0 Å². The topological polar surface area (TPSA) is 172 Å². The Labute approximate surface area is 325 Å². The highest BCUT2D eigenvalue weighted by atomic mass is 31.2. The number of allylic oxidation sites excluding steroid dienone is 12. The summed E-state index contributed by atoms with van der Waals surface area (Å²) in [6, 6.07) is -1.53. The molecule has 1 unspecified atom stereocenters. The molecule has 12 heteroatoms. The summed E-state index contributed by atoms with van der Waals surface area (Å²) in [7, 11) is -4.73. The van der Waals surface area contributed by atoms with Crippen LogP contribution in [0.4, 0.5) is 0 Å². The molecule has 0 amide bonds. The van der Waals surface area contributed by atoms with Gasteiger partial charge in [-0.1, -0.05) is 125 Å². The quantitative estimate of drug-likeness (QED) is 0.0239. The molecule has 4 N–H and O–H groups in total. The summed E-state index contributed by atoms with van der Waals surface area (Å²) in [4.78, 5) is 45.8. The average Bonchev–Trinajstić information content (AvgIpc) is 3.14. The van der Waals surface area contributed by atoms with Gasteiger partial charge >= 0.3 is 25.7 Å². The van der Waals surface area contributed by atoms with E-state index < -0.39 is 51.1 Å². The molecule has 0 fully saturated rings. The van der Waals surface area contributed by atoms with E-state index in [2.05, 4.69) is 79.1 Å². The molecule has 0 rings (SSSR count). The van der Waals surface area contributed by atoms with Gasteiger partial charge in [-0.15, -0.1) is 0 Å². The molecule has 0 spiro atoms. The van der Waals surface area contributed by atoms with Gasteiger partial charge in [0.1, 0.15) is 12.6 Å². The predicted octanol–water partition coefficient (Wildman–Crippen LogP) is 10.2. The fraction of sp³-hybridized carbons (Fsp3) is 0.643. The molecule has 0 aromatic heterocycles. The molecule has 0 saturated heterocycles. The van der Waals surface area contributed by atoms with Crippen LogP contribution in [0.5, 0.6) is 0 Å². The lowest BCUT2D eigenvalue weighted by atomic mass is 10.1. The van der Waals surface area contributed by atoms with Crippen molar-refractivity contribution in [2.75, 3.05) is 19.8 Å². The lowest BCUT2D eigenvalue weighted by Crippen LogP contribution is -2.34. The second-order valence-electron chi connectivity index (χ2n) is 13.0. The van der Waals surface area contributed by atoms with Gasteiger partial charge in [-0.3, -0.25) is 23.4 Å². The van der Waals surface area contributed by atoms with Crippen molar-refractivity contribution in [3.63, 3.8) is 0 Å². The standard InChI is InChI=1S/C42H70NO10P/c1-3-5-7-9-11-13-15-17-18-19-20-22-23-25-27-29-31-33-40(44)50-35-38(36-51-54(48,49)52-37-39(43)42(46)47)53-41(45)34-32-30-28-26-24-21-16-14-12-10-8-6-4-2/h5,7,11,13,17-18,20-22,24-25,27,38-39H,3-4,6,8-10,12,14-16,19,23,26,28-37,43H2,1-2H3,(H,46,47)(H,48,49)/b7-5+,13-11+,18-17+,22-20+,24-21+,27-25+/t38-,39+/m1/s1. The maximum atomic E-state index is 12.6. The number of carbonyl (C=O) groups excluding carboxylic acids is 2. The number of hydrogen-bond acceptors (Lipinski definition) is 9. The first-order chi connectivity index (χ1) is 26.1. The third-order valence-corrected chi connectivity index (χ3v) is 8.89. The Morgan fingerprint density at radius 3 is 1.63 bits per heavy atom. The number of phosphoric acid groups is 1. The summed E-state index contributed by atoms with van der Waals surface area (Å²) in [5, 5.41) is 8.87. The van der Waals surface area contributed by atoms with Crippen LogP contribution in [0.3, 0.4) is 0 Å². The van der Waals surface area contributed by atoms with E-state index >= 15 is 0 Å². The van der Waals surface area contributed by atoms with Crippen molar-refractivity contribution < 1.29 is 47.5 Å². The van der Waals surface area contributed by atoms with Crippen LogP contribution >= 0.6 is 7.82 Å². The zero-order valence-electron chi connectivity index (χ0n) is 33.0. The number of rotatable bonds is 36. The minimum absolute atomic E-state index is 0.125. The number of carboxylic acid groups (broad SMARTS) is 1. The van der Waals surface area contributed by atoms with Gasteiger partial charge in [-0.05, 0) is 77.0 Å². The number of ether oxygens (including phenoxy) is 2. The molecule has 3 atom stereocenters. The van der Waals surface area contributed by atoms with Crippen LogP contribution in [0.2, 0.25) is 0 Å². The average molecular weight is 780 g/mol. The zero-order valence-corrected chi connectivity index (χ0v) is 33.9. The third kappa shape index (κ3) is 35.9. The van der Waals surface area contributed by atoms with E-state index in [4.69, 9.17) is 24.8 Å². The Morgan fingerprint density at radius 1 is 0.593 bits per heavy atom. The Kier molecular flexibility index (Phi) is 34.8. The minimum Gasteiger partial charge on any atom is -0.480 e. The van der Waals surface area contributed by atoms with Gasteiger partial charge in [0, 0.05) is 12.8 Å². The Morgan fingerprint density at radius 2 is 1.06 bits per heavy atom. The van der Waals surface area contributed by atoms with Crippen LogP contribution in [-0.2, 0) is 37.5 Å².